The number of hydrogen-bond donors (Lipinski definition) is 0. The van der Waals surface area contributed by atoms with Crippen LogP contribution in [0.4, 0.5) is 0 Å². The van der Waals surface area contributed by atoms with Gasteiger partial charge in [0.25, 0.3) is 0 Å². The molecule has 0 saturated carbocycles. The third-order valence-corrected chi connectivity index (χ3v) is 0. The fraction of sp³-hybridized carbons (Fsp3) is 0. The van der Waals surface area contributed by atoms with Gasteiger partial charge in [-0.25, -0.2) is 0 Å². The summed E-state index contributed by atoms with van der Waals surface area (Å²) in [6.07, 6.45) is 0. The van der Waals surface area contributed by atoms with Gasteiger partial charge in [0.2, 0.25) is 0 Å². The van der Waals surface area contributed by atoms with Crippen molar-refractivity contribution in [1.29, 1.82) is 0 Å². The van der Waals surface area contributed by atoms with Crippen LogP contribution in [0.25, 0.3) is 0 Å². The van der Waals surface area contributed by atoms with E-state index in [9.17, 15) is 0 Å². The van der Waals surface area contributed by atoms with Gasteiger partial charge >= 0.3 is 21.0 Å². The van der Waals surface area contributed by atoms with Crippen LogP contribution in [0.5, 0.6) is 0 Å². The van der Waals surface area contributed by atoms with Crippen molar-refractivity contribution in [2.45, 2.75) is 0 Å². The molecule has 6 heavy (non-hydrogen) atoms. The summed E-state index contributed by atoms with van der Waals surface area (Å²) < 4.78 is 8.19. The average molecular weight is 126 g/mol. The van der Waals surface area contributed by atoms with Gasteiger partial charge in [-0.05, 0) is 0 Å². The van der Waals surface area contributed by atoms with Crippen molar-refractivity contribution in [3.63, 3.8) is 0 Å². The molecule has 0 aromatic carbocycles. The molecular weight excluding hydrogens is 126 g/mol. The molecule has 0 aliphatic carbocycles. The van der Waals surface area contributed by atoms with Gasteiger partial charge in [-0.3, -0.25) is 7.32 Å². The molecule has 0 aromatic rings. The third-order valence-electron chi connectivity index (χ3n) is 0. The van der Waals surface area contributed by atoms with Gasteiger partial charge in [0.05, 0.1) is 0 Å². The zero-order valence-electron chi connectivity index (χ0n) is 2.66. The summed E-state index contributed by atoms with van der Waals surface area (Å²) in [6.45, 7) is 0. The van der Waals surface area contributed by atoms with E-state index >= 15 is 0 Å². The second kappa shape index (κ2) is 9.01. The van der Waals surface area contributed by atoms with Crippen molar-refractivity contribution in [1.82, 2.24) is 0 Å². The Morgan fingerprint density at radius 1 is 1.17 bits per heavy atom. The molecule has 0 atom stereocenters. The number of hydrogen-bond acceptors (Lipinski definition) is 4. The van der Waals surface area contributed by atoms with Gasteiger partial charge in [-0.15, -0.1) is 0 Å². The van der Waals surface area contributed by atoms with Gasteiger partial charge < -0.3 is 15.1 Å². The first-order valence-electron chi connectivity index (χ1n) is 0.890. The van der Waals surface area contributed by atoms with Crippen molar-refractivity contribution >= 4 is 7.32 Å². The molecule has 0 aliphatic heterocycles. The summed E-state index contributed by atoms with van der Waals surface area (Å²) in [5.41, 5.74) is 0. The van der Waals surface area contributed by atoms with Gasteiger partial charge in [0.1, 0.15) is 0 Å². The Labute approximate surface area is 44.2 Å². The third kappa shape index (κ3) is 442. The monoisotopic (exact) mass is 126 g/mol. The molecule has 0 fully saturated rings. The Hall–Kier alpha value is 0.329. The molecule has 0 amide bonds. The molecule has 32 valence electrons. The van der Waals surface area contributed by atoms with Crippen LogP contribution in [-0.4, -0.2) is 7.32 Å². The minimum absolute atomic E-state index is 1.06. The van der Waals surface area contributed by atoms with E-state index in [1.807, 2.05) is 0 Å². The van der Waals surface area contributed by atoms with Crippen molar-refractivity contribution in [3.05, 3.63) is 0 Å². The van der Waals surface area contributed by atoms with Crippen LogP contribution in [0.2, 0.25) is 0 Å². The first-order valence-corrected chi connectivity index (χ1v) is 1.46. The minimum atomic E-state index is -2.92. The van der Waals surface area contributed by atoms with Crippen LogP contribution in [0.1, 0.15) is 0 Å². The molecule has 0 saturated heterocycles. The van der Waals surface area contributed by atoms with E-state index in [0.717, 1.165) is 17.4 Å². The van der Waals surface area contributed by atoms with Crippen LogP contribution in [0.15, 0.2) is 0 Å². The predicted molar refractivity (Wildman–Crippen MR) is 6.44 cm³/mol. The maximum atomic E-state index is 8.42. The van der Waals surface area contributed by atoms with Gasteiger partial charge in [-0.1, -0.05) is 0 Å². The van der Waals surface area contributed by atoms with E-state index in [0.29, 0.717) is 0 Å². The molecule has 0 spiro atoms. The summed E-state index contributed by atoms with van der Waals surface area (Å²) in [7, 11) is -2.92. The first-order chi connectivity index (χ1) is 2.73. The van der Waals surface area contributed by atoms with E-state index in [2.05, 4.69) is 0 Å². The Bertz CT molecular complexity index is 18.8. The topological polar surface area (TPSA) is 86.2 Å². The van der Waals surface area contributed by atoms with Gasteiger partial charge in [-0.2, -0.15) is 0 Å². The zero-order valence-corrected chi connectivity index (χ0v) is 4.05. The second-order valence-electron chi connectivity index (χ2n) is 0.289. The Kier molecular flexibility index (Phi) is 14.4. The first kappa shape index (κ1) is 9.59. The second-order valence-corrected chi connectivity index (χ2v) is 0.289. The Morgan fingerprint density at radius 3 is 1.17 bits per heavy atom. The Balaban J connectivity index is 0. The summed E-state index contributed by atoms with van der Waals surface area (Å²) in [5, 5.41) is 25.2. The average Bonchev–Trinajstić information content (AvgIpc) is 1.41. The normalized spacial score (nSPS) is 5.50. The van der Waals surface area contributed by atoms with Crippen molar-refractivity contribution in [2.24, 2.45) is 0 Å². The summed E-state index contributed by atoms with van der Waals surface area (Å²) >= 11 is 1.06. The quantitative estimate of drug-likeness (QED) is 0.309. The molecule has 0 aromatic heterocycles. The molecule has 0 aliphatic rings. The van der Waals surface area contributed by atoms with Crippen LogP contribution in [-0.2, 0) is 21.0 Å². The van der Waals surface area contributed by atoms with Crippen molar-refractivity contribution < 1.29 is 36.1 Å². The molecule has 4 nitrogen and oxygen atoms in total. The van der Waals surface area contributed by atoms with E-state index in [-0.39, 0.29) is 0 Å². The molecule has 0 N–H and O–H groups in total. The fourth-order valence-corrected chi connectivity index (χ4v) is 0. The fourth-order valence-electron chi connectivity index (χ4n) is 0. The molecule has 0 radical (unpaired) electrons. The van der Waals surface area contributed by atoms with E-state index in [4.69, 9.17) is 18.7 Å². The SMILES string of the molecule is [O-]B([O-])[O-].[O]=[V+3]. The van der Waals surface area contributed by atoms with E-state index in [1.54, 1.807) is 0 Å². The zero-order chi connectivity index (χ0) is 5.58. The molecular formula is BO4V. The molecule has 0 unspecified atom stereocenters. The molecule has 6 heteroatoms. The van der Waals surface area contributed by atoms with Gasteiger partial charge in [0.15, 0.2) is 0 Å². The van der Waals surface area contributed by atoms with Gasteiger partial charge in [0, 0.05) is 0 Å². The standard InChI is InChI=1S/BO3.O.V/c2-1(3)4;;/q-3;;+3. The molecule has 0 rings (SSSR count). The number of rotatable bonds is 0. The van der Waals surface area contributed by atoms with Crippen LogP contribution in [0, 0.1) is 0 Å². The summed E-state index contributed by atoms with van der Waals surface area (Å²) in [4.78, 5) is 0. The van der Waals surface area contributed by atoms with E-state index in [1.165, 1.54) is 0 Å². The maximum absolute atomic E-state index is 8.42. The Morgan fingerprint density at radius 2 is 1.17 bits per heavy atom. The molecule has 0 heterocycles. The molecule has 0 bridgehead atoms. The summed E-state index contributed by atoms with van der Waals surface area (Å²) in [5.74, 6) is 0. The van der Waals surface area contributed by atoms with Crippen LogP contribution >= 0.6 is 0 Å². The predicted octanol–water partition coefficient (Wildman–Crippen LogP) is -4.07. The van der Waals surface area contributed by atoms with Crippen LogP contribution < -0.4 is 15.1 Å². The summed E-state index contributed by atoms with van der Waals surface area (Å²) in [6, 6.07) is 0. The van der Waals surface area contributed by atoms with E-state index < -0.39 is 7.32 Å². The van der Waals surface area contributed by atoms with Crippen molar-refractivity contribution in [3.8, 4) is 0 Å². The van der Waals surface area contributed by atoms with Crippen LogP contribution in [0.3, 0.4) is 0 Å². The van der Waals surface area contributed by atoms with Crippen molar-refractivity contribution in [2.75, 3.05) is 0 Å².